The van der Waals surface area contributed by atoms with Gasteiger partial charge in [0, 0.05) is 32.1 Å². The highest BCUT2D eigenvalue weighted by atomic mass is 16.5. The minimum atomic E-state index is -0.815. The highest BCUT2D eigenvalue weighted by Gasteiger charge is 2.63. The number of ether oxygens (including phenoxy) is 2. The van der Waals surface area contributed by atoms with Crippen molar-refractivity contribution in [3.05, 3.63) is 0 Å². The molecule has 1 aliphatic heterocycles. The van der Waals surface area contributed by atoms with Crippen LogP contribution in [0.1, 0.15) is 33.6 Å². The predicted molar refractivity (Wildman–Crippen MR) is 72.7 cm³/mol. The summed E-state index contributed by atoms with van der Waals surface area (Å²) in [6, 6.07) is 0.162. The molecule has 1 saturated carbocycles. The molecule has 1 heterocycles. The molecule has 0 aromatic heterocycles. The summed E-state index contributed by atoms with van der Waals surface area (Å²) in [5.74, 6) is 0.0175. The lowest BCUT2D eigenvalue weighted by Crippen LogP contribution is -2.76. The van der Waals surface area contributed by atoms with Crippen LogP contribution in [-0.4, -0.2) is 55.4 Å². The van der Waals surface area contributed by atoms with Crippen LogP contribution < -0.4 is 5.73 Å². The van der Waals surface area contributed by atoms with Crippen LogP contribution in [0, 0.1) is 5.41 Å². The van der Waals surface area contributed by atoms with E-state index in [1.165, 1.54) is 0 Å². The first-order valence-corrected chi connectivity index (χ1v) is 7.10. The second-order valence-electron chi connectivity index (χ2n) is 6.27. The van der Waals surface area contributed by atoms with Gasteiger partial charge in [-0.05, 0) is 13.3 Å². The molecule has 0 aromatic rings. The van der Waals surface area contributed by atoms with Gasteiger partial charge in [-0.25, -0.2) is 0 Å². The van der Waals surface area contributed by atoms with Gasteiger partial charge in [-0.1, -0.05) is 13.8 Å². The maximum atomic E-state index is 12.7. The van der Waals surface area contributed by atoms with Crippen molar-refractivity contribution in [1.29, 1.82) is 0 Å². The van der Waals surface area contributed by atoms with Crippen molar-refractivity contribution in [2.45, 2.75) is 51.3 Å². The lowest BCUT2D eigenvalue weighted by atomic mass is 9.54. The average molecular weight is 270 g/mol. The van der Waals surface area contributed by atoms with E-state index in [-0.39, 0.29) is 23.5 Å². The first-order chi connectivity index (χ1) is 8.84. The maximum absolute atomic E-state index is 12.7. The van der Waals surface area contributed by atoms with E-state index in [9.17, 15) is 4.79 Å². The van der Waals surface area contributed by atoms with Crippen LogP contribution in [-0.2, 0) is 14.3 Å². The third kappa shape index (κ3) is 2.18. The topological polar surface area (TPSA) is 64.8 Å². The molecule has 2 rings (SSSR count). The van der Waals surface area contributed by atoms with Gasteiger partial charge in [-0.15, -0.1) is 0 Å². The largest absolute Gasteiger partial charge is 0.379 e. The molecular weight excluding hydrogens is 244 g/mol. The molecule has 2 fully saturated rings. The standard InChI is InChI=1S/C14H26N2O3/c1-5-19-11-8-14(15,13(11,2)3)12(17)16(4)10-6-7-18-9-10/h10-11H,5-9,15H2,1-4H3. The molecule has 110 valence electrons. The van der Waals surface area contributed by atoms with Crippen molar-refractivity contribution in [3.8, 4) is 0 Å². The SMILES string of the molecule is CCOC1CC(N)(C(=O)N(C)C2CCOC2)C1(C)C. The predicted octanol–water partition coefficient (Wildman–Crippen LogP) is 0.766. The average Bonchev–Trinajstić information content (AvgIpc) is 2.90. The molecule has 2 aliphatic rings. The Morgan fingerprint density at radius 1 is 1.53 bits per heavy atom. The Labute approximate surface area is 115 Å². The smallest absolute Gasteiger partial charge is 0.243 e. The molecule has 0 aromatic carbocycles. The van der Waals surface area contributed by atoms with Crippen LogP contribution in [0.2, 0.25) is 0 Å². The molecule has 19 heavy (non-hydrogen) atoms. The molecule has 0 radical (unpaired) electrons. The summed E-state index contributed by atoms with van der Waals surface area (Å²) in [5, 5.41) is 0. The normalized spacial score (nSPS) is 36.9. The van der Waals surface area contributed by atoms with Crippen molar-refractivity contribution >= 4 is 5.91 Å². The highest BCUT2D eigenvalue weighted by molar-refractivity contribution is 5.89. The summed E-state index contributed by atoms with van der Waals surface area (Å²) in [6.45, 7) is 8.01. The lowest BCUT2D eigenvalue weighted by Gasteiger charge is -2.58. The Hall–Kier alpha value is -0.650. The highest BCUT2D eigenvalue weighted by Crippen LogP contribution is 2.50. The number of hydrogen-bond acceptors (Lipinski definition) is 4. The van der Waals surface area contributed by atoms with Gasteiger partial charge in [-0.2, -0.15) is 0 Å². The number of nitrogens with zero attached hydrogens (tertiary/aromatic N) is 1. The van der Waals surface area contributed by atoms with Crippen molar-refractivity contribution < 1.29 is 14.3 Å². The number of hydrogen-bond donors (Lipinski definition) is 1. The number of nitrogens with two attached hydrogens (primary N) is 1. The van der Waals surface area contributed by atoms with E-state index in [1.807, 2.05) is 27.8 Å². The van der Waals surface area contributed by atoms with Crippen molar-refractivity contribution in [2.75, 3.05) is 26.9 Å². The molecule has 3 unspecified atom stereocenters. The fourth-order valence-corrected chi connectivity index (χ4v) is 3.11. The number of amides is 1. The summed E-state index contributed by atoms with van der Waals surface area (Å²) < 4.78 is 11.0. The summed E-state index contributed by atoms with van der Waals surface area (Å²) in [5.41, 5.74) is 5.26. The Kier molecular flexibility index (Phi) is 3.91. The molecule has 0 bridgehead atoms. The molecule has 3 atom stereocenters. The summed E-state index contributed by atoms with van der Waals surface area (Å²) in [6.07, 6.45) is 1.57. The van der Waals surface area contributed by atoms with Crippen LogP contribution in [0.25, 0.3) is 0 Å². The Morgan fingerprint density at radius 2 is 2.21 bits per heavy atom. The molecule has 1 amide bonds. The third-order valence-electron chi connectivity index (χ3n) is 4.99. The van der Waals surface area contributed by atoms with E-state index in [0.717, 1.165) is 13.0 Å². The van der Waals surface area contributed by atoms with E-state index in [0.29, 0.717) is 19.6 Å². The van der Waals surface area contributed by atoms with Gasteiger partial charge in [0.25, 0.3) is 0 Å². The zero-order valence-electron chi connectivity index (χ0n) is 12.4. The van der Waals surface area contributed by atoms with Gasteiger partial charge < -0.3 is 20.1 Å². The number of carbonyl (C=O) groups excluding carboxylic acids is 1. The zero-order chi connectivity index (χ0) is 14.3. The van der Waals surface area contributed by atoms with Gasteiger partial charge in [0.2, 0.25) is 5.91 Å². The fraction of sp³-hybridized carbons (Fsp3) is 0.929. The Morgan fingerprint density at radius 3 is 2.68 bits per heavy atom. The van der Waals surface area contributed by atoms with E-state index < -0.39 is 5.54 Å². The third-order valence-corrected chi connectivity index (χ3v) is 4.99. The molecule has 1 aliphatic carbocycles. The van der Waals surface area contributed by atoms with Crippen molar-refractivity contribution in [1.82, 2.24) is 4.90 Å². The summed E-state index contributed by atoms with van der Waals surface area (Å²) in [4.78, 5) is 14.5. The minimum Gasteiger partial charge on any atom is -0.379 e. The molecule has 0 spiro atoms. The maximum Gasteiger partial charge on any atom is 0.243 e. The van der Waals surface area contributed by atoms with Gasteiger partial charge in [-0.3, -0.25) is 4.79 Å². The van der Waals surface area contributed by atoms with E-state index in [2.05, 4.69) is 0 Å². The number of carbonyl (C=O) groups is 1. The molecule has 5 nitrogen and oxygen atoms in total. The van der Waals surface area contributed by atoms with Gasteiger partial charge in [0.1, 0.15) is 5.54 Å². The first kappa shape index (κ1) is 14.8. The first-order valence-electron chi connectivity index (χ1n) is 7.10. The number of rotatable bonds is 4. The molecule has 2 N–H and O–H groups in total. The molecular formula is C14H26N2O3. The van der Waals surface area contributed by atoms with Crippen LogP contribution >= 0.6 is 0 Å². The Bertz CT molecular complexity index is 353. The Balaban J connectivity index is 2.06. The van der Waals surface area contributed by atoms with Crippen molar-refractivity contribution in [3.63, 3.8) is 0 Å². The fourth-order valence-electron chi connectivity index (χ4n) is 3.11. The summed E-state index contributed by atoms with van der Waals surface area (Å²) in [7, 11) is 1.83. The second-order valence-corrected chi connectivity index (χ2v) is 6.27. The minimum absolute atomic E-state index is 0.0175. The molecule has 1 saturated heterocycles. The van der Waals surface area contributed by atoms with Gasteiger partial charge in [0.05, 0.1) is 18.8 Å². The van der Waals surface area contributed by atoms with Crippen molar-refractivity contribution in [2.24, 2.45) is 11.1 Å². The van der Waals surface area contributed by atoms with Crippen LogP contribution in [0.3, 0.4) is 0 Å². The lowest BCUT2D eigenvalue weighted by molar-refractivity contribution is -0.179. The van der Waals surface area contributed by atoms with Gasteiger partial charge >= 0.3 is 0 Å². The van der Waals surface area contributed by atoms with E-state index in [4.69, 9.17) is 15.2 Å². The quantitative estimate of drug-likeness (QED) is 0.819. The van der Waals surface area contributed by atoms with Crippen LogP contribution in [0.4, 0.5) is 0 Å². The molecule has 5 heteroatoms. The second kappa shape index (κ2) is 5.04. The zero-order valence-corrected chi connectivity index (χ0v) is 12.4. The van der Waals surface area contributed by atoms with Crippen LogP contribution in [0.15, 0.2) is 0 Å². The van der Waals surface area contributed by atoms with E-state index >= 15 is 0 Å². The van der Waals surface area contributed by atoms with E-state index in [1.54, 1.807) is 4.90 Å². The monoisotopic (exact) mass is 270 g/mol. The van der Waals surface area contributed by atoms with Gasteiger partial charge in [0.15, 0.2) is 0 Å². The number of likely N-dealkylation sites (N-methyl/N-ethyl adjacent to an activating group) is 1. The van der Waals surface area contributed by atoms with Crippen LogP contribution in [0.5, 0.6) is 0 Å². The summed E-state index contributed by atoms with van der Waals surface area (Å²) >= 11 is 0.